The Balaban J connectivity index is 1.39. The van der Waals surface area contributed by atoms with Gasteiger partial charge in [0.25, 0.3) is 0 Å². The van der Waals surface area contributed by atoms with E-state index in [-0.39, 0.29) is 0 Å². The maximum absolute atomic E-state index is 4.95. The molecular weight excluding hydrogens is 571 g/mol. The number of hydrogen-bond acceptors (Lipinski definition) is 2. The van der Waals surface area contributed by atoms with E-state index in [2.05, 4.69) is 151 Å². The van der Waals surface area contributed by atoms with Gasteiger partial charge in [0, 0.05) is 18.2 Å². The molecule has 0 aliphatic heterocycles. The molecule has 0 saturated carbocycles. The van der Waals surface area contributed by atoms with Crippen LogP contribution in [-0.2, 0) is 6.42 Å². The van der Waals surface area contributed by atoms with E-state index in [4.69, 9.17) is 9.97 Å². The molecule has 0 fully saturated rings. The van der Waals surface area contributed by atoms with Crippen LogP contribution in [0.2, 0.25) is 0 Å². The molecule has 0 spiro atoms. The molecule has 0 bridgehead atoms. The summed E-state index contributed by atoms with van der Waals surface area (Å²) in [5.74, 6) is 1.03. The Morgan fingerprint density at radius 3 is 2.06 bits per heavy atom. The second-order valence-corrected chi connectivity index (χ2v) is 12.1. The highest BCUT2D eigenvalue weighted by molar-refractivity contribution is 6.24. The molecule has 2 heterocycles. The Bertz CT molecular complexity index is 2610. The lowest BCUT2D eigenvalue weighted by Gasteiger charge is -2.20. The largest absolute Gasteiger partial charge is 0.295 e. The highest BCUT2D eigenvalue weighted by Gasteiger charge is 2.20. The van der Waals surface area contributed by atoms with Crippen LogP contribution < -0.4 is 0 Å². The molecule has 7 aromatic carbocycles. The first-order valence-corrected chi connectivity index (χ1v) is 16.2. The summed E-state index contributed by atoms with van der Waals surface area (Å²) >= 11 is 0. The normalized spacial score (nSPS) is 11.6. The Kier molecular flexibility index (Phi) is 6.43. The number of hydrogen-bond donors (Lipinski definition) is 0. The van der Waals surface area contributed by atoms with Crippen molar-refractivity contribution in [2.45, 2.75) is 13.3 Å². The Hall–Kier alpha value is -6.06. The van der Waals surface area contributed by atoms with Crippen LogP contribution in [0.3, 0.4) is 0 Å². The second kappa shape index (κ2) is 11.1. The summed E-state index contributed by atoms with van der Waals surface area (Å²) in [5.41, 5.74) is 10.3. The lowest BCUT2D eigenvalue weighted by atomic mass is 9.84. The van der Waals surface area contributed by atoms with Crippen LogP contribution in [0.25, 0.3) is 82.4 Å². The summed E-state index contributed by atoms with van der Waals surface area (Å²) < 4.78 is 2.26. The predicted molar refractivity (Wildman–Crippen MR) is 197 cm³/mol. The molecule has 9 aromatic rings. The van der Waals surface area contributed by atoms with Crippen molar-refractivity contribution in [1.29, 1.82) is 0 Å². The molecule has 9 rings (SSSR count). The first kappa shape index (κ1) is 27.3. The van der Waals surface area contributed by atoms with Crippen LogP contribution in [0.1, 0.15) is 12.7 Å². The number of aryl methyl sites for hydroxylation is 1. The van der Waals surface area contributed by atoms with Crippen molar-refractivity contribution >= 4 is 43.4 Å². The van der Waals surface area contributed by atoms with E-state index in [0.717, 1.165) is 34.5 Å². The molecule has 0 N–H and O–H groups in total. The minimum absolute atomic E-state index is 0.826. The van der Waals surface area contributed by atoms with Crippen molar-refractivity contribution in [3.8, 4) is 39.1 Å². The predicted octanol–water partition coefficient (Wildman–Crippen LogP) is 11.4. The summed E-state index contributed by atoms with van der Waals surface area (Å²) in [4.78, 5) is 9.80. The summed E-state index contributed by atoms with van der Waals surface area (Å²) in [6.45, 7) is 2.16. The van der Waals surface area contributed by atoms with E-state index in [0.29, 0.717) is 0 Å². The van der Waals surface area contributed by atoms with Gasteiger partial charge in [-0.3, -0.25) is 9.55 Å². The summed E-state index contributed by atoms with van der Waals surface area (Å²) in [6.07, 6.45) is 4.80. The summed E-state index contributed by atoms with van der Waals surface area (Å²) in [6, 6.07) is 52.5. The maximum Gasteiger partial charge on any atom is 0.114 e. The third kappa shape index (κ3) is 4.43. The van der Waals surface area contributed by atoms with Gasteiger partial charge in [-0.05, 0) is 84.4 Å². The zero-order valence-corrected chi connectivity index (χ0v) is 26.1. The summed E-state index contributed by atoms with van der Waals surface area (Å²) in [5, 5.41) is 7.36. The SMILES string of the molecule is CCc1nc2ccccc2n1-c1cncc(-c2c3ccccc3c(-c3cccc4ccccc34)c3cc(-c4ccccc4)ccc23)c1. The highest BCUT2D eigenvalue weighted by Crippen LogP contribution is 2.46. The summed E-state index contributed by atoms with van der Waals surface area (Å²) in [7, 11) is 0. The number of pyridine rings is 1. The lowest BCUT2D eigenvalue weighted by molar-refractivity contribution is 0.904. The van der Waals surface area contributed by atoms with E-state index in [1.165, 1.54) is 60.1 Å². The van der Waals surface area contributed by atoms with Crippen molar-refractivity contribution in [3.63, 3.8) is 0 Å². The number of fused-ring (bicyclic) bond motifs is 4. The molecule has 0 saturated heterocycles. The zero-order valence-electron chi connectivity index (χ0n) is 26.1. The number of nitrogens with zero attached hydrogens (tertiary/aromatic N) is 3. The molecule has 0 unspecified atom stereocenters. The van der Waals surface area contributed by atoms with Gasteiger partial charge in [-0.1, -0.05) is 128 Å². The lowest BCUT2D eigenvalue weighted by Crippen LogP contribution is -2.01. The van der Waals surface area contributed by atoms with Crippen LogP contribution in [0.5, 0.6) is 0 Å². The van der Waals surface area contributed by atoms with Crippen LogP contribution in [0, 0.1) is 0 Å². The monoisotopic (exact) mass is 601 g/mol. The number of aromatic nitrogens is 3. The molecule has 0 aliphatic carbocycles. The van der Waals surface area contributed by atoms with Gasteiger partial charge in [-0.2, -0.15) is 0 Å². The highest BCUT2D eigenvalue weighted by atomic mass is 15.1. The molecule has 3 nitrogen and oxygen atoms in total. The number of para-hydroxylation sites is 2. The van der Waals surface area contributed by atoms with Crippen molar-refractivity contribution in [2.75, 3.05) is 0 Å². The fourth-order valence-corrected chi connectivity index (χ4v) is 7.32. The van der Waals surface area contributed by atoms with Gasteiger partial charge in [-0.25, -0.2) is 4.98 Å². The van der Waals surface area contributed by atoms with Gasteiger partial charge in [0.05, 0.1) is 22.9 Å². The van der Waals surface area contributed by atoms with Gasteiger partial charge in [0.15, 0.2) is 0 Å². The maximum atomic E-state index is 4.95. The van der Waals surface area contributed by atoms with Gasteiger partial charge in [0.1, 0.15) is 5.82 Å². The molecule has 0 radical (unpaired) electrons. The fourth-order valence-electron chi connectivity index (χ4n) is 7.32. The number of rotatable bonds is 5. The molecule has 222 valence electrons. The van der Waals surface area contributed by atoms with Gasteiger partial charge in [-0.15, -0.1) is 0 Å². The van der Waals surface area contributed by atoms with Crippen LogP contribution in [-0.4, -0.2) is 14.5 Å². The molecule has 0 aliphatic rings. The zero-order chi connectivity index (χ0) is 31.3. The third-order valence-electron chi connectivity index (χ3n) is 9.41. The molecule has 2 aromatic heterocycles. The standard InChI is InChI=1S/C44H31N3/c1-2-42-46-40-21-10-11-22-41(40)47(42)33-25-32(27-45-28-33)43-36-18-8-9-19-37(36)44(35-20-12-16-30-15-6-7-17-34(30)35)39-26-31(23-24-38(39)43)29-13-4-3-5-14-29/h3-28H,2H2,1H3. The second-order valence-electron chi connectivity index (χ2n) is 12.1. The van der Waals surface area contributed by atoms with E-state index in [1.54, 1.807) is 0 Å². The number of imidazole rings is 1. The topological polar surface area (TPSA) is 30.7 Å². The average molecular weight is 602 g/mol. The third-order valence-corrected chi connectivity index (χ3v) is 9.41. The average Bonchev–Trinajstić information content (AvgIpc) is 3.53. The quantitative estimate of drug-likeness (QED) is 0.184. The van der Waals surface area contributed by atoms with Crippen molar-refractivity contribution in [1.82, 2.24) is 14.5 Å². The van der Waals surface area contributed by atoms with Crippen LogP contribution in [0.15, 0.2) is 158 Å². The van der Waals surface area contributed by atoms with Gasteiger partial charge >= 0.3 is 0 Å². The smallest absolute Gasteiger partial charge is 0.114 e. The van der Waals surface area contributed by atoms with E-state index in [9.17, 15) is 0 Å². The first-order chi connectivity index (χ1) is 23.3. The molecule has 47 heavy (non-hydrogen) atoms. The Morgan fingerprint density at radius 1 is 0.511 bits per heavy atom. The Morgan fingerprint density at radius 2 is 1.21 bits per heavy atom. The van der Waals surface area contributed by atoms with E-state index < -0.39 is 0 Å². The number of benzene rings is 7. The first-order valence-electron chi connectivity index (χ1n) is 16.2. The molecule has 0 atom stereocenters. The van der Waals surface area contributed by atoms with E-state index >= 15 is 0 Å². The van der Waals surface area contributed by atoms with Crippen LogP contribution >= 0.6 is 0 Å². The molecular formula is C44H31N3. The van der Waals surface area contributed by atoms with E-state index in [1.807, 2.05) is 18.5 Å². The van der Waals surface area contributed by atoms with Gasteiger partial charge in [0.2, 0.25) is 0 Å². The van der Waals surface area contributed by atoms with Gasteiger partial charge < -0.3 is 0 Å². The molecule has 3 heteroatoms. The minimum atomic E-state index is 0.826. The fraction of sp³-hybridized carbons (Fsp3) is 0.0455. The Labute approximate surface area is 273 Å². The van der Waals surface area contributed by atoms with Crippen molar-refractivity contribution < 1.29 is 0 Å². The van der Waals surface area contributed by atoms with Crippen molar-refractivity contribution in [2.24, 2.45) is 0 Å². The van der Waals surface area contributed by atoms with Crippen LogP contribution in [0.4, 0.5) is 0 Å². The van der Waals surface area contributed by atoms with Crippen molar-refractivity contribution in [3.05, 3.63) is 164 Å². The molecule has 0 amide bonds. The minimum Gasteiger partial charge on any atom is -0.295 e.